The van der Waals surface area contributed by atoms with Crippen molar-refractivity contribution in [3.8, 4) is 5.75 Å². The molecule has 20 heavy (non-hydrogen) atoms. The fourth-order valence-corrected chi connectivity index (χ4v) is 2.08. The van der Waals surface area contributed by atoms with E-state index in [9.17, 15) is 0 Å². The van der Waals surface area contributed by atoms with Crippen LogP contribution in [-0.2, 0) is 17.8 Å². The van der Waals surface area contributed by atoms with Crippen LogP contribution in [0.2, 0.25) is 10.3 Å². The number of halogens is 2. The van der Waals surface area contributed by atoms with Gasteiger partial charge in [-0.2, -0.15) is 0 Å². The lowest BCUT2D eigenvalue weighted by atomic mass is 10.1. The average Bonchev–Trinajstić information content (AvgIpc) is 2.45. The number of pyridine rings is 1. The Balaban J connectivity index is 1.93. The lowest BCUT2D eigenvalue weighted by molar-refractivity contribution is 0.202. The van der Waals surface area contributed by atoms with Crippen LogP contribution in [0, 0.1) is 0 Å². The van der Waals surface area contributed by atoms with Gasteiger partial charge < -0.3 is 9.47 Å². The van der Waals surface area contributed by atoms with E-state index in [0.717, 1.165) is 17.7 Å². The summed E-state index contributed by atoms with van der Waals surface area (Å²) in [6.45, 7) is 1.08. The summed E-state index contributed by atoms with van der Waals surface area (Å²) >= 11 is 11.7. The first-order valence-electron chi connectivity index (χ1n) is 6.20. The highest BCUT2D eigenvalue weighted by molar-refractivity contribution is 6.32. The molecule has 2 aromatic rings. The Morgan fingerprint density at radius 3 is 2.45 bits per heavy atom. The molecule has 0 N–H and O–H groups in total. The molecule has 0 unspecified atom stereocenters. The second-order valence-corrected chi connectivity index (χ2v) is 5.00. The third kappa shape index (κ3) is 4.37. The van der Waals surface area contributed by atoms with E-state index in [0.29, 0.717) is 23.5 Å². The number of nitrogens with zero attached hydrogens (tertiary/aromatic N) is 1. The van der Waals surface area contributed by atoms with Crippen LogP contribution < -0.4 is 4.74 Å². The second kappa shape index (κ2) is 7.48. The predicted molar refractivity (Wildman–Crippen MR) is 80.6 cm³/mol. The van der Waals surface area contributed by atoms with Crippen LogP contribution in [0.15, 0.2) is 36.4 Å². The molecule has 2 rings (SSSR count). The number of ether oxygens (including phenoxy) is 2. The van der Waals surface area contributed by atoms with Gasteiger partial charge in [0.1, 0.15) is 22.7 Å². The van der Waals surface area contributed by atoms with Crippen LogP contribution in [0.25, 0.3) is 0 Å². The average molecular weight is 312 g/mol. The molecular formula is C15H15Cl2NO2. The van der Waals surface area contributed by atoms with Crippen molar-refractivity contribution in [3.63, 3.8) is 0 Å². The van der Waals surface area contributed by atoms with Crippen molar-refractivity contribution in [1.29, 1.82) is 0 Å². The van der Waals surface area contributed by atoms with Crippen molar-refractivity contribution < 1.29 is 9.47 Å². The Hall–Kier alpha value is -1.29. The van der Waals surface area contributed by atoms with Crippen LogP contribution in [-0.4, -0.2) is 18.7 Å². The number of rotatable bonds is 6. The van der Waals surface area contributed by atoms with Crippen molar-refractivity contribution in [2.45, 2.75) is 13.0 Å². The van der Waals surface area contributed by atoms with E-state index in [4.69, 9.17) is 32.7 Å². The first kappa shape index (κ1) is 15.1. The Morgan fingerprint density at radius 2 is 1.80 bits per heavy atom. The van der Waals surface area contributed by atoms with E-state index in [-0.39, 0.29) is 0 Å². The molecule has 0 aliphatic heterocycles. The molecule has 0 saturated carbocycles. The smallest absolute Gasteiger partial charge is 0.137 e. The summed E-state index contributed by atoms with van der Waals surface area (Å²) in [7, 11) is 1.70. The van der Waals surface area contributed by atoms with Crippen LogP contribution in [0.4, 0.5) is 0 Å². The first-order valence-corrected chi connectivity index (χ1v) is 6.96. The fourth-order valence-electron chi connectivity index (χ4n) is 1.68. The molecule has 1 aromatic heterocycles. The lowest BCUT2D eigenvalue weighted by Crippen LogP contribution is -1.98. The quantitative estimate of drug-likeness (QED) is 0.751. The van der Waals surface area contributed by atoms with Gasteiger partial charge in [-0.3, -0.25) is 0 Å². The first-order chi connectivity index (χ1) is 9.69. The van der Waals surface area contributed by atoms with Gasteiger partial charge >= 0.3 is 0 Å². The van der Waals surface area contributed by atoms with Gasteiger partial charge in [0.15, 0.2) is 0 Å². The van der Waals surface area contributed by atoms with Crippen LogP contribution >= 0.6 is 23.2 Å². The van der Waals surface area contributed by atoms with Crippen molar-refractivity contribution in [1.82, 2.24) is 4.98 Å². The minimum Gasteiger partial charge on any atom is -0.489 e. The van der Waals surface area contributed by atoms with Crippen molar-refractivity contribution in [3.05, 3.63) is 57.8 Å². The van der Waals surface area contributed by atoms with Gasteiger partial charge in [0.05, 0.1) is 6.61 Å². The largest absolute Gasteiger partial charge is 0.489 e. The maximum atomic E-state index is 5.99. The molecular weight excluding hydrogens is 297 g/mol. The zero-order valence-corrected chi connectivity index (χ0v) is 12.6. The summed E-state index contributed by atoms with van der Waals surface area (Å²) < 4.78 is 10.7. The summed E-state index contributed by atoms with van der Waals surface area (Å²) in [5.41, 5.74) is 2.02. The summed E-state index contributed by atoms with van der Waals surface area (Å²) in [6.07, 6.45) is 0.893. The molecule has 0 radical (unpaired) electrons. The summed E-state index contributed by atoms with van der Waals surface area (Å²) in [6, 6.07) is 11.4. The maximum Gasteiger partial charge on any atom is 0.137 e. The standard InChI is InChI=1S/C15H15Cl2NO2/c1-19-9-8-11-2-5-13(6-3-11)20-10-12-4-7-14(16)18-15(12)17/h2-7H,8-10H2,1H3. The molecule has 0 spiro atoms. The van der Waals surface area contributed by atoms with Crippen molar-refractivity contribution >= 4 is 23.2 Å². The molecule has 1 heterocycles. The molecule has 0 aliphatic rings. The van der Waals surface area contributed by atoms with E-state index in [1.165, 1.54) is 5.56 Å². The third-order valence-electron chi connectivity index (χ3n) is 2.80. The summed E-state index contributed by atoms with van der Waals surface area (Å²) in [5.74, 6) is 0.789. The molecule has 0 aliphatic carbocycles. The highest BCUT2D eigenvalue weighted by Crippen LogP contribution is 2.19. The fraction of sp³-hybridized carbons (Fsp3) is 0.267. The van der Waals surface area contributed by atoms with E-state index >= 15 is 0 Å². The lowest BCUT2D eigenvalue weighted by Gasteiger charge is -2.08. The highest BCUT2D eigenvalue weighted by atomic mass is 35.5. The Morgan fingerprint density at radius 1 is 1.05 bits per heavy atom. The van der Waals surface area contributed by atoms with Gasteiger partial charge in [0.25, 0.3) is 0 Å². The van der Waals surface area contributed by atoms with Crippen LogP contribution in [0.5, 0.6) is 5.75 Å². The van der Waals surface area contributed by atoms with Gasteiger partial charge in [0.2, 0.25) is 0 Å². The summed E-state index contributed by atoms with van der Waals surface area (Å²) in [4.78, 5) is 3.97. The van der Waals surface area contributed by atoms with Gasteiger partial charge in [-0.25, -0.2) is 4.98 Å². The number of aromatic nitrogens is 1. The minimum absolute atomic E-state index is 0.362. The zero-order valence-electron chi connectivity index (χ0n) is 11.1. The molecule has 3 nitrogen and oxygen atoms in total. The van der Waals surface area contributed by atoms with E-state index in [1.807, 2.05) is 30.3 Å². The Bertz CT molecular complexity index is 558. The van der Waals surface area contributed by atoms with E-state index < -0.39 is 0 Å². The highest BCUT2D eigenvalue weighted by Gasteiger charge is 2.04. The van der Waals surface area contributed by atoms with Crippen LogP contribution in [0.1, 0.15) is 11.1 Å². The number of benzene rings is 1. The van der Waals surface area contributed by atoms with Crippen molar-refractivity contribution in [2.75, 3.05) is 13.7 Å². The molecule has 0 saturated heterocycles. The van der Waals surface area contributed by atoms with Gasteiger partial charge in [-0.05, 0) is 36.2 Å². The monoisotopic (exact) mass is 311 g/mol. The van der Waals surface area contributed by atoms with Crippen molar-refractivity contribution in [2.24, 2.45) is 0 Å². The summed E-state index contributed by atoms with van der Waals surface area (Å²) in [5, 5.41) is 0.746. The van der Waals surface area contributed by atoms with Gasteiger partial charge in [0, 0.05) is 12.7 Å². The maximum absolute atomic E-state index is 5.99. The molecule has 0 bridgehead atoms. The number of hydrogen-bond donors (Lipinski definition) is 0. The SMILES string of the molecule is COCCc1ccc(OCc2ccc(Cl)nc2Cl)cc1. The number of hydrogen-bond acceptors (Lipinski definition) is 3. The van der Waals surface area contributed by atoms with E-state index in [1.54, 1.807) is 13.2 Å². The molecule has 0 amide bonds. The Labute approximate surface area is 128 Å². The molecule has 1 aromatic carbocycles. The second-order valence-electron chi connectivity index (χ2n) is 4.26. The predicted octanol–water partition coefficient (Wildman–Crippen LogP) is 4.16. The zero-order chi connectivity index (χ0) is 14.4. The minimum atomic E-state index is 0.362. The van der Waals surface area contributed by atoms with Crippen LogP contribution in [0.3, 0.4) is 0 Å². The number of methoxy groups -OCH3 is 1. The molecule has 0 fully saturated rings. The van der Waals surface area contributed by atoms with E-state index in [2.05, 4.69) is 4.98 Å². The topological polar surface area (TPSA) is 31.4 Å². The molecule has 0 atom stereocenters. The van der Waals surface area contributed by atoms with Gasteiger partial charge in [-0.15, -0.1) is 0 Å². The molecule has 5 heteroatoms. The molecule has 106 valence electrons. The van der Waals surface area contributed by atoms with Gasteiger partial charge in [-0.1, -0.05) is 35.3 Å². The normalized spacial score (nSPS) is 10.6. The Kier molecular flexibility index (Phi) is 5.65. The third-order valence-corrected chi connectivity index (χ3v) is 3.34.